The maximum atomic E-state index is 13.9. The first-order valence-corrected chi connectivity index (χ1v) is 11.5. The Bertz CT molecular complexity index is 1320. The van der Waals surface area contributed by atoms with E-state index in [9.17, 15) is 4.79 Å². The van der Waals surface area contributed by atoms with Crippen molar-refractivity contribution in [3.05, 3.63) is 89.0 Å². The number of piperazine rings is 1. The molecule has 0 bridgehead atoms. The Balaban J connectivity index is 1.48. The van der Waals surface area contributed by atoms with Crippen LogP contribution in [0.4, 0.5) is 5.69 Å². The first-order chi connectivity index (χ1) is 16.0. The van der Waals surface area contributed by atoms with Gasteiger partial charge >= 0.3 is 0 Å². The van der Waals surface area contributed by atoms with Crippen LogP contribution in [0.25, 0.3) is 22.2 Å². The number of aryl methyl sites for hydroxylation is 3. The molecule has 0 spiro atoms. The topological polar surface area (TPSA) is 49.3 Å². The second kappa shape index (κ2) is 8.66. The van der Waals surface area contributed by atoms with Crippen LogP contribution in [0.3, 0.4) is 0 Å². The summed E-state index contributed by atoms with van der Waals surface area (Å²) in [6.07, 6.45) is 0. The van der Waals surface area contributed by atoms with Crippen molar-refractivity contribution in [2.45, 2.75) is 20.8 Å². The van der Waals surface area contributed by atoms with Crippen molar-refractivity contribution in [2.24, 2.45) is 0 Å². The summed E-state index contributed by atoms with van der Waals surface area (Å²) < 4.78 is 0. The predicted octanol–water partition coefficient (Wildman–Crippen LogP) is 5.18. The number of benzene rings is 3. The Morgan fingerprint density at radius 3 is 2.24 bits per heavy atom. The van der Waals surface area contributed by atoms with Crippen LogP contribution >= 0.6 is 0 Å². The summed E-state index contributed by atoms with van der Waals surface area (Å²) in [5.74, 6) is 0.0253. The van der Waals surface area contributed by atoms with Gasteiger partial charge in [0, 0.05) is 42.8 Å². The number of rotatable bonds is 3. The fraction of sp³-hybridized carbons (Fsp3) is 0.250. The summed E-state index contributed by atoms with van der Waals surface area (Å²) in [5.41, 5.74) is 7.90. The SMILES string of the molecule is Cc1ccc(-c2nnc3ccccc3c2C(=O)N2CCN(c3cc(C)ccc3C)CC2)cc1. The van der Waals surface area contributed by atoms with Gasteiger partial charge in [-0.2, -0.15) is 0 Å². The van der Waals surface area contributed by atoms with Crippen LogP contribution in [-0.2, 0) is 0 Å². The number of amides is 1. The summed E-state index contributed by atoms with van der Waals surface area (Å²) in [5, 5.41) is 9.76. The van der Waals surface area contributed by atoms with Gasteiger partial charge in [-0.25, -0.2) is 0 Å². The monoisotopic (exact) mass is 436 g/mol. The molecule has 1 saturated heterocycles. The lowest BCUT2D eigenvalue weighted by Crippen LogP contribution is -2.49. The van der Waals surface area contributed by atoms with Gasteiger partial charge in [-0.05, 0) is 44.0 Å². The molecule has 2 heterocycles. The van der Waals surface area contributed by atoms with Crippen molar-refractivity contribution in [3.8, 4) is 11.3 Å². The van der Waals surface area contributed by atoms with Crippen molar-refractivity contribution in [2.75, 3.05) is 31.1 Å². The third kappa shape index (κ3) is 4.07. The Labute approximate surface area is 194 Å². The second-order valence-corrected chi connectivity index (χ2v) is 8.88. The van der Waals surface area contributed by atoms with Gasteiger partial charge in [-0.15, -0.1) is 10.2 Å². The van der Waals surface area contributed by atoms with E-state index in [0.29, 0.717) is 24.3 Å². The van der Waals surface area contributed by atoms with Gasteiger partial charge in [0.2, 0.25) is 0 Å². The summed E-state index contributed by atoms with van der Waals surface area (Å²) in [4.78, 5) is 18.2. The van der Waals surface area contributed by atoms with E-state index in [4.69, 9.17) is 0 Å². The Morgan fingerprint density at radius 2 is 1.48 bits per heavy atom. The third-order valence-corrected chi connectivity index (χ3v) is 6.48. The number of hydrogen-bond acceptors (Lipinski definition) is 4. The molecule has 0 N–H and O–H groups in total. The van der Waals surface area contributed by atoms with Gasteiger partial charge in [0.15, 0.2) is 0 Å². The van der Waals surface area contributed by atoms with Gasteiger partial charge < -0.3 is 9.80 Å². The van der Waals surface area contributed by atoms with E-state index < -0.39 is 0 Å². The number of fused-ring (bicyclic) bond motifs is 1. The molecule has 1 aromatic heterocycles. The normalized spacial score (nSPS) is 14.0. The van der Waals surface area contributed by atoms with Crippen molar-refractivity contribution in [1.29, 1.82) is 0 Å². The van der Waals surface area contributed by atoms with Gasteiger partial charge in [-0.1, -0.05) is 60.2 Å². The number of hydrogen-bond donors (Lipinski definition) is 0. The van der Waals surface area contributed by atoms with E-state index >= 15 is 0 Å². The smallest absolute Gasteiger partial charge is 0.256 e. The number of carbonyl (C=O) groups is 1. The lowest BCUT2D eigenvalue weighted by atomic mass is 9.99. The maximum Gasteiger partial charge on any atom is 0.256 e. The summed E-state index contributed by atoms with van der Waals surface area (Å²) in [6.45, 7) is 9.30. The van der Waals surface area contributed by atoms with E-state index in [0.717, 1.165) is 29.6 Å². The minimum Gasteiger partial charge on any atom is -0.368 e. The zero-order valence-corrected chi connectivity index (χ0v) is 19.4. The van der Waals surface area contributed by atoms with Crippen LogP contribution in [0.15, 0.2) is 66.7 Å². The van der Waals surface area contributed by atoms with E-state index in [2.05, 4.69) is 54.1 Å². The minimum absolute atomic E-state index is 0.0253. The van der Waals surface area contributed by atoms with E-state index in [1.165, 1.54) is 22.4 Å². The van der Waals surface area contributed by atoms with Crippen molar-refractivity contribution >= 4 is 22.5 Å². The molecule has 1 aliphatic rings. The Kier molecular flexibility index (Phi) is 5.55. The van der Waals surface area contributed by atoms with Crippen LogP contribution < -0.4 is 4.90 Å². The minimum atomic E-state index is 0.0253. The van der Waals surface area contributed by atoms with Gasteiger partial charge in [0.25, 0.3) is 5.91 Å². The van der Waals surface area contributed by atoms with Crippen molar-refractivity contribution in [3.63, 3.8) is 0 Å². The molecule has 166 valence electrons. The molecule has 0 atom stereocenters. The lowest BCUT2D eigenvalue weighted by molar-refractivity contribution is 0.0749. The quantitative estimate of drug-likeness (QED) is 0.444. The number of aromatic nitrogens is 2. The standard InChI is InChI=1S/C28H28N4O/c1-19-9-12-22(13-10-19)27-26(23-6-4-5-7-24(23)29-30-27)28(33)32-16-14-31(15-17-32)25-18-20(2)8-11-21(25)3/h4-13,18H,14-17H2,1-3H3. The molecule has 5 heteroatoms. The molecule has 5 nitrogen and oxygen atoms in total. The molecule has 33 heavy (non-hydrogen) atoms. The Morgan fingerprint density at radius 1 is 0.788 bits per heavy atom. The highest BCUT2D eigenvalue weighted by Crippen LogP contribution is 2.29. The van der Waals surface area contributed by atoms with Crippen LogP contribution in [-0.4, -0.2) is 47.2 Å². The first-order valence-electron chi connectivity index (χ1n) is 11.5. The van der Waals surface area contributed by atoms with E-state index in [1.54, 1.807) is 0 Å². The average molecular weight is 437 g/mol. The summed E-state index contributed by atoms with van der Waals surface area (Å²) in [7, 11) is 0. The van der Waals surface area contributed by atoms with Crippen molar-refractivity contribution in [1.82, 2.24) is 15.1 Å². The van der Waals surface area contributed by atoms with Crippen molar-refractivity contribution < 1.29 is 4.79 Å². The summed E-state index contributed by atoms with van der Waals surface area (Å²) >= 11 is 0. The number of carbonyl (C=O) groups excluding carboxylic acids is 1. The molecular formula is C28H28N4O. The fourth-order valence-corrected chi connectivity index (χ4v) is 4.55. The molecule has 0 radical (unpaired) electrons. The van der Waals surface area contributed by atoms with Gasteiger partial charge in [0.1, 0.15) is 5.69 Å². The molecule has 1 aliphatic heterocycles. The van der Waals surface area contributed by atoms with Crippen LogP contribution in [0.5, 0.6) is 0 Å². The largest absolute Gasteiger partial charge is 0.368 e. The van der Waals surface area contributed by atoms with Crippen LogP contribution in [0.1, 0.15) is 27.0 Å². The highest BCUT2D eigenvalue weighted by Gasteiger charge is 2.27. The molecule has 1 fully saturated rings. The lowest BCUT2D eigenvalue weighted by Gasteiger charge is -2.37. The fourth-order valence-electron chi connectivity index (χ4n) is 4.55. The van der Waals surface area contributed by atoms with E-state index in [1.807, 2.05) is 53.4 Å². The molecule has 5 rings (SSSR count). The molecular weight excluding hydrogens is 408 g/mol. The second-order valence-electron chi connectivity index (χ2n) is 8.88. The highest BCUT2D eigenvalue weighted by molar-refractivity contribution is 6.10. The maximum absolute atomic E-state index is 13.9. The van der Waals surface area contributed by atoms with Crippen LogP contribution in [0, 0.1) is 20.8 Å². The first kappa shape index (κ1) is 21.1. The Hall–Kier alpha value is -3.73. The summed E-state index contributed by atoms with van der Waals surface area (Å²) in [6, 6.07) is 22.5. The van der Waals surface area contributed by atoms with Gasteiger partial charge in [0.05, 0.1) is 11.1 Å². The molecule has 0 aliphatic carbocycles. The average Bonchev–Trinajstić information content (AvgIpc) is 2.85. The zero-order chi connectivity index (χ0) is 22.9. The third-order valence-electron chi connectivity index (χ3n) is 6.48. The molecule has 0 saturated carbocycles. The number of nitrogens with zero attached hydrogens (tertiary/aromatic N) is 4. The van der Waals surface area contributed by atoms with Crippen LogP contribution in [0.2, 0.25) is 0 Å². The molecule has 1 amide bonds. The predicted molar refractivity (Wildman–Crippen MR) is 134 cm³/mol. The molecule has 0 unspecified atom stereocenters. The highest BCUT2D eigenvalue weighted by atomic mass is 16.2. The zero-order valence-electron chi connectivity index (χ0n) is 19.4. The molecule has 3 aromatic carbocycles. The van der Waals surface area contributed by atoms with Gasteiger partial charge in [-0.3, -0.25) is 4.79 Å². The molecule has 4 aromatic rings. The number of anilines is 1. The van der Waals surface area contributed by atoms with E-state index in [-0.39, 0.29) is 5.91 Å².